The molecule has 0 aliphatic carbocycles. The van der Waals surface area contributed by atoms with Crippen LogP contribution in [0.5, 0.6) is 5.75 Å². The summed E-state index contributed by atoms with van der Waals surface area (Å²) in [7, 11) is 0. The van der Waals surface area contributed by atoms with Gasteiger partial charge in [0.05, 0.1) is 0 Å². The van der Waals surface area contributed by atoms with Crippen molar-refractivity contribution in [3.8, 4) is 5.75 Å². The summed E-state index contributed by atoms with van der Waals surface area (Å²) in [6.07, 6.45) is -0.638. The van der Waals surface area contributed by atoms with Gasteiger partial charge in [-0.15, -0.1) is 0 Å². The van der Waals surface area contributed by atoms with Gasteiger partial charge in [0.15, 0.2) is 6.10 Å². The molecule has 120 valence electrons. The van der Waals surface area contributed by atoms with Gasteiger partial charge < -0.3 is 15.8 Å². The van der Waals surface area contributed by atoms with Gasteiger partial charge in [-0.05, 0) is 48.9 Å². The van der Waals surface area contributed by atoms with Crippen LogP contribution in [-0.2, 0) is 11.3 Å². The molecule has 0 aliphatic rings. The average molecular weight is 333 g/mol. The van der Waals surface area contributed by atoms with Crippen LogP contribution in [0.2, 0.25) is 5.02 Å². The fourth-order valence-electron chi connectivity index (χ4n) is 1.89. The SMILES string of the molecule is C[C@H](Oc1ccc(Cl)cc1)C(=O)NCc1ccc(C(N)=O)cc1. The zero-order chi connectivity index (χ0) is 16.8. The molecule has 0 heterocycles. The van der Waals surface area contributed by atoms with E-state index in [4.69, 9.17) is 22.1 Å². The molecule has 0 radical (unpaired) electrons. The zero-order valence-corrected chi connectivity index (χ0v) is 13.3. The van der Waals surface area contributed by atoms with Crippen molar-refractivity contribution in [2.24, 2.45) is 5.73 Å². The summed E-state index contributed by atoms with van der Waals surface area (Å²) in [6.45, 7) is 2.01. The molecule has 2 amide bonds. The number of carbonyl (C=O) groups is 2. The van der Waals surface area contributed by atoms with E-state index < -0.39 is 12.0 Å². The molecule has 0 saturated carbocycles. The van der Waals surface area contributed by atoms with Crippen molar-refractivity contribution in [1.29, 1.82) is 0 Å². The molecule has 5 nitrogen and oxygen atoms in total. The fourth-order valence-corrected chi connectivity index (χ4v) is 2.02. The first-order valence-corrected chi connectivity index (χ1v) is 7.42. The summed E-state index contributed by atoms with van der Waals surface area (Å²) in [5, 5.41) is 3.38. The Hall–Kier alpha value is -2.53. The van der Waals surface area contributed by atoms with Crippen molar-refractivity contribution in [3.05, 3.63) is 64.7 Å². The quantitative estimate of drug-likeness (QED) is 0.852. The predicted molar refractivity (Wildman–Crippen MR) is 88.3 cm³/mol. The normalized spacial score (nSPS) is 11.6. The maximum Gasteiger partial charge on any atom is 0.261 e. The lowest BCUT2D eigenvalue weighted by atomic mass is 10.1. The van der Waals surface area contributed by atoms with Crippen molar-refractivity contribution in [2.45, 2.75) is 19.6 Å². The fraction of sp³-hybridized carbons (Fsp3) is 0.176. The predicted octanol–water partition coefficient (Wildman–Crippen LogP) is 2.52. The largest absolute Gasteiger partial charge is 0.481 e. The molecule has 0 unspecified atom stereocenters. The lowest BCUT2D eigenvalue weighted by Gasteiger charge is -2.15. The second kappa shape index (κ2) is 7.65. The van der Waals surface area contributed by atoms with Gasteiger partial charge in [-0.3, -0.25) is 9.59 Å². The highest BCUT2D eigenvalue weighted by Gasteiger charge is 2.14. The van der Waals surface area contributed by atoms with Gasteiger partial charge in [0, 0.05) is 17.1 Å². The van der Waals surface area contributed by atoms with Crippen molar-refractivity contribution in [2.75, 3.05) is 0 Å². The Labute approximate surface area is 139 Å². The number of hydrogen-bond donors (Lipinski definition) is 2. The molecule has 0 aromatic heterocycles. The molecule has 0 saturated heterocycles. The van der Waals surface area contributed by atoms with Crippen LogP contribution in [0, 0.1) is 0 Å². The number of amides is 2. The molecule has 0 spiro atoms. The minimum Gasteiger partial charge on any atom is -0.481 e. The highest BCUT2D eigenvalue weighted by Crippen LogP contribution is 2.16. The van der Waals surface area contributed by atoms with E-state index in [9.17, 15) is 9.59 Å². The number of hydrogen-bond acceptors (Lipinski definition) is 3. The Morgan fingerprint density at radius 1 is 1.13 bits per heavy atom. The Morgan fingerprint density at radius 2 is 1.74 bits per heavy atom. The highest BCUT2D eigenvalue weighted by molar-refractivity contribution is 6.30. The molecule has 2 rings (SSSR count). The summed E-state index contributed by atoms with van der Waals surface area (Å²) in [6, 6.07) is 13.5. The zero-order valence-electron chi connectivity index (χ0n) is 12.6. The van der Waals surface area contributed by atoms with E-state index in [-0.39, 0.29) is 5.91 Å². The smallest absolute Gasteiger partial charge is 0.261 e. The van der Waals surface area contributed by atoms with Gasteiger partial charge in [-0.1, -0.05) is 23.7 Å². The molecular weight excluding hydrogens is 316 g/mol. The van der Waals surface area contributed by atoms with Gasteiger partial charge in [0.2, 0.25) is 5.91 Å². The van der Waals surface area contributed by atoms with Gasteiger partial charge >= 0.3 is 0 Å². The van der Waals surface area contributed by atoms with E-state index in [0.717, 1.165) is 5.56 Å². The molecule has 0 aliphatic heterocycles. The third kappa shape index (κ3) is 5.00. The topological polar surface area (TPSA) is 81.4 Å². The lowest BCUT2D eigenvalue weighted by molar-refractivity contribution is -0.127. The third-order valence-electron chi connectivity index (χ3n) is 3.20. The average Bonchev–Trinajstić information content (AvgIpc) is 2.55. The van der Waals surface area contributed by atoms with Crippen molar-refractivity contribution >= 4 is 23.4 Å². The first-order chi connectivity index (χ1) is 11.0. The molecular formula is C17H17ClN2O3. The molecule has 23 heavy (non-hydrogen) atoms. The molecule has 2 aromatic rings. The summed E-state index contributed by atoms with van der Waals surface area (Å²) < 4.78 is 5.54. The molecule has 2 aromatic carbocycles. The third-order valence-corrected chi connectivity index (χ3v) is 3.45. The lowest BCUT2D eigenvalue weighted by Crippen LogP contribution is -2.35. The summed E-state index contributed by atoms with van der Waals surface area (Å²) in [5.41, 5.74) is 6.47. The molecule has 0 fully saturated rings. The Balaban J connectivity index is 1.86. The first-order valence-electron chi connectivity index (χ1n) is 7.04. The number of nitrogens with one attached hydrogen (secondary N) is 1. The Kier molecular flexibility index (Phi) is 5.60. The molecule has 3 N–H and O–H groups in total. The number of rotatable bonds is 6. The number of halogens is 1. The van der Waals surface area contributed by atoms with Crippen molar-refractivity contribution in [3.63, 3.8) is 0 Å². The minimum absolute atomic E-state index is 0.237. The van der Waals surface area contributed by atoms with Crippen LogP contribution in [0.15, 0.2) is 48.5 Å². The van der Waals surface area contributed by atoms with Crippen LogP contribution >= 0.6 is 11.6 Å². The van der Waals surface area contributed by atoms with Gasteiger partial charge in [0.25, 0.3) is 5.91 Å². The summed E-state index contributed by atoms with van der Waals surface area (Å²) in [4.78, 5) is 23.0. The number of ether oxygens (including phenoxy) is 1. The van der Waals surface area contributed by atoms with Crippen LogP contribution in [0.3, 0.4) is 0 Å². The molecule has 1 atom stereocenters. The van der Waals surface area contributed by atoms with Crippen LogP contribution in [-0.4, -0.2) is 17.9 Å². The second-order valence-electron chi connectivity index (χ2n) is 4.99. The standard InChI is InChI=1S/C17H17ClN2O3/c1-11(23-15-8-6-14(18)7-9-15)17(22)20-10-12-2-4-13(5-3-12)16(19)21/h2-9,11H,10H2,1H3,(H2,19,21)(H,20,22)/t11-/m0/s1. The van der Waals surface area contributed by atoms with Crippen LogP contribution in [0.1, 0.15) is 22.8 Å². The highest BCUT2D eigenvalue weighted by atomic mass is 35.5. The van der Waals surface area contributed by atoms with E-state index in [1.54, 1.807) is 55.5 Å². The van der Waals surface area contributed by atoms with Gasteiger partial charge in [-0.2, -0.15) is 0 Å². The van der Waals surface area contributed by atoms with E-state index in [0.29, 0.717) is 22.9 Å². The number of primary amides is 1. The van der Waals surface area contributed by atoms with E-state index in [1.807, 2.05) is 0 Å². The first kappa shape index (κ1) is 16.8. The monoisotopic (exact) mass is 332 g/mol. The van der Waals surface area contributed by atoms with Gasteiger partial charge in [0.1, 0.15) is 5.75 Å². The summed E-state index contributed by atoms with van der Waals surface area (Å²) in [5.74, 6) is -0.146. The maximum absolute atomic E-state index is 12.0. The number of carbonyl (C=O) groups excluding carboxylic acids is 2. The van der Waals surface area contributed by atoms with E-state index >= 15 is 0 Å². The van der Waals surface area contributed by atoms with Crippen molar-refractivity contribution in [1.82, 2.24) is 5.32 Å². The Bertz CT molecular complexity index is 684. The second-order valence-corrected chi connectivity index (χ2v) is 5.43. The molecule has 6 heteroatoms. The van der Waals surface area contributed by atoms with E-state index in [1.165, 1.54) is 0 Å². The van der Waals surface area contributed by atoms with E-state index in [2.05, 4.69) is 5.32 Å². The number of nitrogens with two attached hydrogens (primary N) is 1. The van der Waals surface area contributed by atoms with Crippen molar-refractivity contribution < 1.29 is 14.3 Å². The summed E-state index contributed by atoms with van der Waals surface area (Å²) >= 11 is 5.80. The Morgan fingerprint density at radius 3 is 2.30 bits per heavy atom. The van der Waals surface area contributed by atoms with Crippen LogP contribution in [0.4, 0.5) is 0 Å². The van der Waals surface area contributed by atoms with Crippen LogP contribution < -0.4 is 15.8 Å². The maximum atomic E-state index is 12.0. The number of benzene rings is 2. The molecule has 0 bridgehead atoms. The van der Waals surface area contributed by atoms with Gasteiger partial charge in [-0.25, -0.2) is 0 Å². The minimum atomic E-state index is -0.638. The van der Waals surface area contributed by atoms with Crippen LogP contribution in [0.25, 0.3) is 0 Å².